The number of nitrogens with one attached hydrogen (secondary N) is 1. The van der Waals surface area contributed by atoms with Crippen molar-refractivity contribution in [3.05, 3.63) is 76.2 Å². The predicted octanol–water partition coefficient (Wildman–Crippen LogP) is 4.26. The average Bonchev–Trinajstić information content (AvgIpc) is 3.24. The minimum absolute atomic E-state index is 0.0155. The second kappa shape index (κ2) is 9.29. The molecule has 0 aliphatic carbocycles. The van der Waals surface area contributed by atoms with Gasteiger partial charge in [0.05, 0.1) is 22.4 Å². The van der Waals surface area contributed by atoms with Crippen molar-refractivity contribution in [2.45, 2.75) is 31.7 Å². The van der Waals surface area contributed by atoms with Crippen molar-refractivity contribution in [1.29, 1.82) is 0 Å². The summed E-state index contributed by atoms with van der Waals surface area (Å²) in [4.78, 5) is 30.8. The largest absolute Gasteiger partial charge is 0.326 e. The summed E-state index contributed by atoms with van der Waals surface area (Å²) in [7, 11) is -3.29. The number of hydrogen-bond acceptors (Lipinski definition) is 6. The number of nitrogens with zero attached hydrogens (tertiary/aromatic N) is 2. The number of fused-ring (bicyclic) bond motifs is 1. The van der Waals surface area contributed by atoms with Crippen molar-refractivity contribution in [1.82, 2.24) is 9.55 Å². The summed E-state index contributed by atoms with van der Waals surface area (Å²) in [6, 6.07) is 14.0. The third kappa shape index (κ3) is 4.89. The molecule has 0 fully saturated rings. The number of aromatic nitrogens is 2. The molecule has 0 radical (unpaired) electrons. The highest BCUT2D eigenvalue weighted by atomic mass is 32.2. The van der Waals surface area contributed by atoms with E-state index < -0.39 is 9.84 Å². The van der Waals surface area contributed by atoms with Crippen LogP contribution in [-0.2, 0) is 21.2 Å². The average molecular weight is 482 g/mol. The second-order valence-corrected chi connectivity index (χ2v) is 10.8. The Bertz CT molecular complexity index is 1470. The van der Waals surface area contributed by atoms with Gasteiger partial charge in [0.15, 0.2) is 9.84 Å². The summed E-state index contributed by atoms with van der Waals surface area (Å²) in [6.45, 7) is 3.77. The molecule has 1 N–H and O–H groups in total. The molecule has 2 heterocycles. The number of benzene rings is 2. The molecule has 0 aliphatic rings. The maximum Gasteiger partial charge on any atom is 0.262 e. The number of carbonyl (C=O) groups is 1. The Labute approximate surface area is 195 Å². The molecule has 33 heavy (non-hydrogen) atoms. The number of thiophene rings is 1. The SMILES string of the molecule is CCS(=O)(=O)c1ccc(NC(=O)CCn2cnc3scc(-c4ccc(C)cc4)c3c2=O)cc1. The van der Waals surface area contributed by atoms with E-state index >= 15 is 0 Å². The monoisotopic (exact) mass is 481 g/mol. The summed E-state index contributed by atoms with van der Waals surface area (Å²) >= 11 is 1.42. The van der Waals surface area contributed by atoms with Gasteiger partial charge in [0.25, 0.3) is 5.56 Å². The van der Waals surface area contributed by atoms with E-state index in [2.05, 4.69) is 10.3 Å². The number of sulfone groups is 1. The van der Waals surface area contributed by atoms with Crippen molar-refractivity contribution in [3.8, 4) is 11.1 Å². The maximum absolute atomic E-state index is 13.1. The standard InChI is InChI=1S/C24H23N3O4S2/c1-3-33(30,31)19-10-8-18(9-11-19)26-21(28)12-13-27-15-25-23-22(24(27)29)20(14-32-23)17-6-4-16(2)5-7-17/h4-11,14-15H,3,12-13H2,1-2H3,(H,26,28). The molecule has 7 nitrogen and oxygen atoms in total. The molecule has 4 aromatic rings. The fraction of sp³-hybridized carbons (Fsp3) is 0.208. The summed E-state index contributed by atoms with van der Waals surface area (Å²) in [5, 5.41) is 5.22. The number of amides is 1. The molecule has 9 heteroatoms. The molecule has 0 atom stereocenters. The topological polar surface area (TPSA) is 98.1 Å². The minimum atomic E-state index is -3.29. The first-order valence-electron chi connectivity index (χ1n) is 10.4. The molecule has 0 spiro atoms. The van der Waals surface area contributed by atoms with E-state index in [4.69, 9.17) is 0 Å². The van der Waals surface area contributed by atoms with Gasteiger partial charge in [-0.05, 0) is 36.8 Å². The lowest BCUT2D eigenvalue weighted by molar-refractivity contribution is -0.116. The van der Waals surface area contributed by atoms with E-state index in [-0.39, 0.29) is 35.1 Å². The van der Waals surface area contributed by atoms with Crippen LogP contribution in [0.5, 0.6) is 0 Å². The number of anilines is 1. The first kappa shape index (κ1) is 22.9. The van der Waals surface area contributed by atoms with Gasteiger partial charge in [0.1, 0.15) is 4.83 Å². The van der Waals surface area contributed by atoms with Gasteiger partial charge in [-0.2, -0.15) is 0 Å². The van der Waals surface area contributed by atoms with E-state index in [0.29, 0.717) is 15.9 Å². The smallest absolute Gasteiger partial charge is 0.262 e. The normalized spacial score (nSPS) is 11.6. The van der Waals surface area contributed by atoms with Crippen LogP contribution in [0.15, 0.2) is 69.9 Å². The first-order chi connectivity index (χ1) is 15.8. The fourth-order valence-electron chi connectivity index (χ4n) is 3.43. The minimum Gasteiger partial charge on any atom is -0.326 e. The molecule has 0 bridgehead atoms. The van der Waals surface area contributed by atoms with Gasteiger partial charge >= 0.3 is 0 Å². The zero-order valence-corrected chi connectivity index (χ0v) is 19.9. The maximum atomic E-state index is 13.1. The highest BCUT2D eigenvalue weighted by Crippen LogP contribution is 2.30. The van der Waals surface area contributed by atoms with E-state index in [1.54, 1.807) is 19.1 Å². The predicted molar refractivity (Wildman–Crippen MR) is 131 cm³/mol. The molecule has 0 unspecified atom stereocenters. The molecule has 0 aliphatic heterocycles. The Hall–Kier alpha value is -3.30. The Morgan fingerprint density at radius 2 is 1.79 bits per heavy atom. The third-order valence-electron chi connectivity index (χ3n) is 5.38. The molecule has 0 saturated carbocycles. The van der Waals surface area contributed by atoms with Crippen LogP contribution in [0.25, 0.3) is 21.3 Å². The van der Waals surface area contributed by atoms with Crippen molar-refractivity contribution in [3.63, 3.8) is 0 Å². The van der Waals surface area contributed by atoms with Gasteiger partial charge < -0.3 is 5.32 Å². The molecular weight excluding hydrogens is 458 g/mol. The summed E-state index contributed by atoms with van der Waals surface area (Å²) < 4.78 is 25.3. The van der Waals surface area contributed by atoms with Crippen LogP contribution < -0.4 is 10.9 Å². The zero-order chi connectivity index (χ0) is 23.6. The first-order valence-corrected chi connectivity index (χ1v) is 13.0. The van der Waals surface area contributed by atoms with Gasteiger partial charge in [-0.25, -0.2) is 13.4 Å². The molecule has 1 amide bonds. The van der Waals surface area contributed by atoms with E-state index in [0.717, 1.165) is 16.7 Å². The van der Waals surface area contributed by atoms with Crippen molar-refractivity contribution < 1.29 is 13.2 Å². The van der Waals surface area contributed by atoms with Gasteiger partial charge in [0, 0.05) is 29.6 Å². The highest BCUT2D eigenvalue weighted by molar-refractivity contribution is 7.91. The molecule has 170 valence electrons. The van der Waals surface area contributed by atoms with E-state index in [9.17, 15) is 18.0 Å². The molecule has 2 aromatic carbocycles. The zero-order valence-electron chi connectivity index (χ0n) is 18.2. The Balaban J connectivity index is 1.49. The van der Waals surface area contributed by atoms with Gasteiger partial charge in [0.2, 0.25) is 5.91 Å². The second-order valence-electron chi connectivity index (χ2n) is 7.66. The van der Waals surface area contributed by atoms with Crippen molar-refractivity contribution in [2.75, 3.05) is 11.1 Å². The molecule has 4 rings (SSSR count). The number of carbonyl (C=O) groups excluding carboxylic acids is 1. The summed E-state index contributed by atoms with van der Waals surface area (Å²) in [5.74, 6) is -0.265. The van der Waals surface area contributed by atoms with E-state index in [1.807, 2.05) is 36.6 Å². The van der Waals surface area contributed by atoms with Crippen LogP contribution in [0.2, 0.25) is 0 Å². The van der Waals surface area contributed by atoms with Gasteiger partial charge in [-0.3, -0.25) is 14.2 Å². The van der Waals surface area contributed by atoms with Gasteiger partial charge in [-0.15, -0.1) is 11.3 Å². The van der Waals surface area contributed by atoms with Gasteiger partial charge in [-0.1, -0.05) is 36.8 Å². The molecule has 0 saturated heterocycles. The van der Waals surface area contributed by atoms with Crippen molar-refractivity contribution in [2.24, 2.45) is 0 Å². The lowest BCUT2D eigenvalue weighted by Crippen LogP contribution is -2.23. The Kier molecular flexibility index (Phi) is 6.44. The third-order valence-corrected chi connectivity index (χ3v) is 8.02. The van der Waals surface area contributed by atoms with Crippen LogP contribution in [0.4, 0.5) is 5.69 Å². The number of aryl methyl sites for hydroxylation is 2. The quantitative estimate of drug-likeness (QED) is 0.425. The van der Waals surface area contributed by atoms with E-state index in [1.165, 1.54) is 34.4 Å². The summed E-state index contributed by atoms with van der Waals surface area (Å²) in [6.07, 6.45) is 1.55. The highest BCUT2D eigenvalue weighted by Gasteiger charge is 2.15. The van der Waals surface area contributed by atoms with Crippen LogP contribution in [-0.4, -0.2) is 29.6 Å². The Morgan fingerprint density at radius 1 is 1.09 bits per heavy atom. The van der Waals surface area contributed by atoms with Crippen LogP contribution >= 0.6 is 11.3 Å². The Morgan fingerprint density at radius 3 is 2.45 bits per heavy atom. The lowest BCUT2D eigenvalue weighted by atomic mass is 10.1. The number of rotatable bonds is 7. The fourth-order valence-corrected chi connectivity index (χ4v) is 5.22. The molecule has 2 aromatic heterocycles. The van der Waals surface area contributed by atoms with Crippen LogP contribution in [0.3, 0.4) is 0 Å². The lowest BCUT2D eigenvalue weighted by Gasteiger charge is -2.08. The molecular formula is C24H23N3O4S2. The van der Waals surface area contributed by atoms with Crippen LogP contribution in [0, 0.1) is 6.92 Å². The summed E-state index contributed by atoms with van der Waals surface area (Å²) in [5.41, 5.74) is 3.25. The van der Waals surface area contributed by atoms with Crippen molar-refractivity contribution >= 4 is 43.0 Å². The van der Waals surface area contributed by atoms with Crippen LogP contribution in [0.1, 0.15) is 18.9 Å². The number of hydrogen-bond donors (Lipinski definition) is 1.